The molecule has 0 fully saturated rings. The number of rotatable bonds is 3. The first-order chi connectivity index (χ1) is 7.13. The van der Waals surface area contributed by atoms with Gasteiger partial charge in [-0.25, -0.2) is 4.79 Å². The van der Waals surface area contributed by atoms with Crippen LogP contribution in [0.25, 0.3) is 0 Å². The quantitative estimate of drug-likeness (QED) is 0.559. The van der Waals surface area contributed by atoms with E-state index in [9.17, 15) is 9.59 Å². The van der Waals surface area contributed by atoms with Gasteiger partial charge < -0.3 is 9.47 Å². The SMILES string of the molecule is COC(=O)c1cc(C=O)c(C)c(OC)c1. The fraction of sp³-hybridized carbons (Fsp3) is 0.273. The molecule has 0 saturated carbocycles. The molecule has 0 N–H and O–H groups in total. The smallest absolute Gasteiger partial charge is 0.338 e. The number of aldehydes is 1. The van der Waals surface area contributed by atoms with E-state index < -0.39 is 5.97 Å². The van der Waals surface area contributed by atoms with Crippen LogP contribution in [0.5, 0.6) is 5.75 Å². The Kier molecular flexibility index (Phi) is 3.44. The van der Waals surface area contributed by atoms with E-state index >= 15 is 0 Å². The zero-order chi connectivity index (χ0) is 11.4. The van der Waals surface area contributed by atoms with Crippen LogP contribution in [-0.4, -0.2) is 26.5 Å². The molecule has 15 heavy (non-hydrogen) atoms. The third kappa shape index (κ3) is 2.15. The van der Waals surface area contributed by atoms with E-state index in [2.05, 4.69) is 4.74 Å². The van der Waals surface area contributed by atoms with E-state index in [1.165, 1.54) is 20.3 Å². The highest BCUT2D eigenvalue weighted by molar-refractivity contribution is 5.93. The van der Waals surface area contributed by atoms with Crippen LogP contribution in [0.1, 0.15) is 26.3 Å². The molecule has 4 nitrogen and oxygen atoms in total. The van der Waals surface area contributed by atoms with Crippen molar-refractivity contribution in [1.29, 1.82) is 0 Å². The normalized spacial score (nSPS) is 9.53. The molecule has 0 bridgehead atoms. The predicted octanol–water partition coefficient (Wildman–Crippen LogP) is 1.60. The largest absolute Gasteiger partial charge is 0.496 e. The van der Waals surface area contributed by atoms with Crippen LogP contribution in [0, 0.1) is 6.92 Å². The molecule has 1 rings (SSSR count). The van der Waals surface area contributed by atoms with Gasteiger partial charge in [0.1, 0.15) is 12.0 Å². The molecule has 0 atom stereocenters. The summed E-state index contributed by atoms with van der Waals surface area (Å²) in [5.41, 5.74) is 1.44. The molecular formula is C11H12O4. The lowest BCUT2D eigenvalue weighted by Gasteiger charge is -2.08. The molecule has 0 aromatic heterocycles. The molecule has 4 heteroatoms. The molecule has 1 aromatic rings. The van der Waals surface area contributed by atoms with E-state index in [0.717, 1.165) is 0 Å². The number of benzene rings is 1. The molecule has 0 unspecified atom stereocenters. The van der Waals surface area contributed by atoms with E-state index in [1.54, 1.807) is 13.0 Å². The minimum absolute atomic E-state index is 0.307. The molecule has 80 valence electrons. The van der Waals surface area contributed by atoms with Crippen molar-refractivity contribution in [3.05, 3.63) is 28.8 Å². The number of carbonyl (C=O) groups excluding carboxylic acids is 2. The van der Waals surface area contributed by atoms with E-state index in [-0.39, 0.29) is 0 Å². The molecule has 0 spiro atoms. The van der Waals surface area contributed by atoms with Crippen LogP contribution < -0.4 is 4.74 Å². The minimum Gasteiger partial charge on any atom is -0.496 e. The summed E-state index contributed by atoms with van der Waals surface area (Å²) < 4.78 is 9.62. The third-order valence-corrected chi connectivity index (χ3v) is 2.17. The lowest BCUT2D eigenvalue weighted by Crippen LogP contribution is -2.04. The van der Waals surface area contributed by atoms with E-state index in [0.29, 0.717) is 28.7 Å². The Morgan fingerprint density at radius 1 is 1.33 bits per heavy atom. The van der Waals surface area contributed by atoms with Crippen molar-refractivity contribution < 1.29 is 19.1 Å². The summed E-state index contributed by atoms with van der Waals surface area (Å²) in [5, 5.41) is 0. The zero-order valence-electron chi connectivity index (χ0n) is 8.87. The summed E-state index contributed by atoms with van der Waals surface area (Å²) in [6, 6.07) is 3.03. The first-order valence-corrected chi connectivity index (χ1v) is 4.36. The van der Waals surface area contributed by atoms with Crippen molar-refractivity contribution in [2.75, 3.05) is 14.2 Å². The maximum Gasteiger partial charge on any atom is 0.338 e. The fourth-order valence-electron chi connectivity index (χ4n) is 1.28. The van der Waals surface area contributed by atoms with Crippen molar-refractivity contribution in [2.45, 2.75) is 6.92 Å². The lowest BCUT2D eigenvalue weighted by molar-refractivity contribution is 0.0600. The van der Waals surface area contributed by atoms with Crippen molar-refractivity contribution >= 4 is 12.3 Å². The summed E-state index contributed by atoms with van der Waals surface area (Å²) in [5.74, 6) is 0.0106. The topological polar surface area (TPSA) is 52.6 Å². The van der Waals surface area contributed by atoms with Gasteiger partial charge >= 0.3 is 5.97 Å². The van der Waals surface area contributed by atoms with Crippen molar-refractivity contribution in [1.82, 2.24) is 0 Å². The Hall–Kier alpha value is -1.84. The molecule has 0 aliphatic rings. The van der Waals surface area contributed by atoms with Crippen molar-refractivity contribution in [3.63, 3.8) is 0 Å². The number of hydrogen-bond donors (Lipinski definition) is 0. The number of esters is 1. The molecule has 0 aliphatic heterocycles. The highest BCUT2D eigenvalue weighted by atomic mass is 16.5. The summed E-state index contributed by atoms with van der Waals surface area (Å²) >= 11 is 0. The second kappa shape index (κ2) is 4.59. The lowest BCUT2D eigenvalue weighted by atomic mass is 10.0. The standard InChI is InChI=1S/C11H12O4/c1-7-9(6-12)4-8(11(13)15-3)5-10(7)14-2/h4-6H,1-3H3. The second-order valence-electron chi connectivity index (χ2n) is 3.00. The van der Waals surface area contributed by atoms with Gasteiger partial charge in [0.2, 0.25) is 0 Å². The number of methoxy groups -OCH3 is 2. The van der Waals surface area contributed by atoms with Gasteiger partial charge in [0, 0.05) is 11.1 Å². The van der Waals surface area contributed by atoms with E-state index in [1.807, 2.05) is 0 Å². The first kappa shape index (κ1) is 11.2. The summed E-state index contributed by atoms with van der Waals surface area (Å²) in [6.45, 7) is 1.75. The highest BCUT2D eigenvalue weighted by Gasteiger charge is 2.12. The maximum atomic E-state index is 11.3. The van der Waals surface area contributed by atoms with Crippen LogP contribution >= 0.6 is 0 Å². The Morgan fingerprint density at radius 3 is 2.47 bits per heavy atom. The molecule has 0 aliphatic carbocycles. The maximum absolute atomic E-state index is 11.3. The van der Waals surface area contributed by atoms with Gasteiger partial charge in [-0.05, 0) is 19.1 Å². The number of ether oxygens (including phenoxy) is 2. The van der Waals surface area contributed by atoms with Gasteiger partial charge in [0.25, 0.3) is 0 Å². The minimum atomic E-state index is -0.489. The van der Waals surface area contributed by atoms with Crippen molar-refractivity contribution in [3.8, 4) is 5.75 Å². The summed E-state index contributed by atoms with van der Waals surface area (Å²) in [7, 11) is 2.77. The average Bonchev–Trinajstić information content (AvgIpc) is 2.28. The molecule has 0 heterocycles. The van der Waals surface area contributed by atoms with Gasteiger partial charge in [0.05, 0.1) is 19.8 Å². The average molecular weight is 208 g/mol. The second-order valence-corrected chi connectivity index (χ2v) is 3.00. The Labute approximate surface area is 87.8 Å². The monoisotopic (exact) mass is 208 g/mol. The summed E-state index contributed by atoms with van der Waals surface area (Å²) in [4.78, 5) is 22.0. The van der Waals surface area contributed by atoms with Crippen LogP contribution in [0.15, 0.2) is 12.1 Å². The molecule has 1 aromatic carbocycles. The number of hydrogen-bond acceptors (Lipinski definition) is 4. The van der Waals surface area contributed by atoms with Gasteiger partial charge in [0.15, 0.2) is 0 Å². The summed E-state index contributed by atoms with van der Waals surface area (Å²) in [6.07, 6.45) is 0.685. The Bertz CT molecular complexity index is 396. The molecular weight excluding hydrogens is 196 g/mol. The van der Waals surface area contributed by atoms with Crippen LogP contribution in [0.3, 0.4) is 0 Å². The van der Waals surface area contributed by atoms with Gasteiger partial charge in [-0.2, -0.15) is 0 Å². The zero-order valence-corrected chi connectivity index (χ0v) is 8.87. The molecule has 0 saturated heterocycles. The Balaban J connectivity index is 3.32. The van der Waals surface area contributed by atoms with Gasteiger partial charge in [-0.1, -0.05) is 0 Å². The fourth-order valence-corrected chi connectivity index (χ4v) is 1.28. The predicted molar refractivity (Wildman–Crippen MR) is 54.5 cm³/mol. The van der Waals surface area contributed by atoms with Crippen molar-refractivity contribution in [2.24, 2.45) is 0 Å². The van der Waals surface area contributed by atoms with Gasteiger partial charge in [-0.3, -0.25) is 4.79 Å². The molecule has 0 radical (unpaired) electrons. The first-order valence-electron chi connectivity index (χ1n) is 4.36. The molecule has 0 amide bonds. The van der Waals surface area contributed by atoms with Crippen LogP contribution in [0.2, 0.25) is 0 Å². The Morgan fingerprint density at radius 2 is 2.00 bits per heavy atom. The highest BCUT2D eigenvalue weighted by Crippen LogP contribution is 2.23. The number of carbonyl (C=O) groups is 2. The van der Waals surface area contributed by atoms with Gasteiger partial charge in [-0.15, -0.1) is 0 Å². The van der Waals surface area contributed by atoms with E-state index in [4.69, 9.17) is 4.74 Å². The van der Waals surface area contributed by atoms with Crippen LogP contribution in [0.4, 0.5) is 0 Å². The van der Waals surface area contributed by atoms with Crippen LogP contribution in [-0.2, 0) is 4.74 Å². The third-order valence-electron chi connectivity index (χ3n) is 2.17.